The highest BCUT2D eigenvalue weighted by Gasteiger charge is 2.30. The van der Waals surface area contributed by atoms with Crippen molar-refractivity contribution in [3.8, 4) is 5.75 Å². The molecule has 24 heavy (non-hydrogen) atoms. The van der Waals surface area contributed by atoms with Crippen LogP contribution < -0.4 is 10.7 Å². The fourth-order valence-electron chi connectivity index (χ4n) is 2.30. The molecule has 5 heteroatoms. The standard InChI is InChI=1S/C19H21NO4/c1-5-19(3,4)17(22)15-11(2)20-14(16(15)21)10-12-6-8-13(9-7-12)18(23)24/h6-10,20-21H,2,5H2,1,3-4H3,(H,23,24)/b14-10+. The van der Waals surface area contributed by atoms with Crippen LogP contribution in [0.1, 0.15) is 53.5 Å². The molecule has 1 aromatic heterocycles. The molecule has 5 nitrogen and oxygen atoms in total. The maximum absolute atomic E-state index is 12.6. The first-order chi connectivity index (χ1) is 11.2. The summed E-state index contributed by atoms with van der Waals surface area (Å²) in [6, 6.07) is 6.21. The van der Waals surface area contributed by atoms with Crippen molar-refractivity contribution in [2.24, 2.45) is 5.41 Å². The largest absolute Gasteiger partial charge is 0.505 e. The lowest BCUT2D eigenvalue weighted by molar-refractivity contribution is 0.0696. The van der Waals surface area contributed by atoms with E-state index in [4.69, 9.17) is 5.11 Å². The zero-order valence-corrected chi connectivity index (χ0v) is 14.0. The SMILES string of the molecule is C=c1[nH]/c(=C/c2ccc(C(=O)O)cc2)c(O)c1C(=O)C(C)(C)CC. The third-order valence-electron chi connectivity index (χ3n) is 4.27. The predicted octanol–water partition coefficient (Wildman–Crippen LogP) is 2.28. The molecular weight excluding hydrogens is 306 g/mol. The van der Waals surface area contributed by atoms with E-state index in [-0.39, 0.29) is 22.7 Å². The van der Waals surface area contributed by atoms with E-state index in [1.807, 2.05) is 20.8 Å². The van der Waals surface area contributed by atoms with Crippen LogP contribution in [0.5, 0.6) is 5.75 Å². The zero-order valence-electron chi connectivity index (χ0n) is 14.0. The highest BCUT2D eigenvalue weighted by Crippen LogP contribution is 2.26. The van der Waals surface area contributed by atoms with E-state index in [0.29, 0.717) is 22.7 Å². The third-order valence-corrected chi connectivity index (χ3v) is 4.27. The molecule has 0 fully saturated rings. The van der Waals surface area contributed by atoms with Crippen molar-refractivity contribution in [3.05, 3.63) is 51.7 Å². The third kappa shape index (κ3) is 3.25. The van der Waals surface area contributed by atoms with E-state index >= 15 is 0 Å². The van der Waals surface area contributed by atoms with Gasteiger partial charge in [-0.15, -0.1) is 0 Å². The predicted molar refractivity (Wildman–Crippen MR) is 92.6 cm³/mol. The van der Waals surface area contributed by atoms with Gasteiger partial charge in [-0.1, -0.05) is 39.5 Å². The lowest BCUT2D eigenvalue weighted by atomic mass is 9.82. The minimum atomic E-state index is -1.00. The Morgan fingerprint density at radius 1 is 1.25 bits per heavy atom. The average molecular weight is 327 g/mol. The molecular formula is C19H21NO4. The van der Waals surface area contributed by atoms with Crippen LogP contribution in [0.4, 0.5) is 0 Å². The van der Waals surface area contributed by atoms with Gasteiger partial charge in [-0.05, 0) is 30.2 Å². The number of H-pyrrole nitrogens is 1. The number of aromatic carboxylic acids is 1. The van der Waals surface area contributed by atoms with Gasteiger partial charge in [-0.25, -0.2) is 4.79 Å². The lowest BCUT2D eigenvalue weighted by Crippen LogP contribution is -2.27. The Morgan fingerprint density at radius 3 is 2.33 bits per heavy atom. The van der Waals surface area contributed by atoms with E-state index in [1.165, 1.54) is 12.1 Å². The van der Waals surface area contributed by atoms with E-state index in [9.17, 15) is 14.7 Å². The van der Waals surface area contributed by atoms with Gasteiger partial charge in [0.2, 0.25) is 0 Å². The Labute approximate surface area is 140 Å². The molecule has 0 aliphatic rings. The highest BCUT2D eigenvalue weighted by atomic mass is 16.4. The summed E-state index contributed by atoms with van der Waals surface area (Å²) in [5, 5.41) is 20.1. The summed E-state index contributed by atoms with van der Waals surface area (Å²) in [6.45, 7) is 9.39. The minimum Gasteiger partial charge on any atom is -0.505 e. The molecule has 0 spiro atoms. The molecule has 126 valence electrons. The Hall–Kier alpha value is -2.82. The van der Waals surface area contributed by atoms with Gasteiger partial charge in [0.05, 0.1) is 16.5 Å². The van der Waals surface area contributed by atoms with Gasteiger partial charge in [0, 0.05) is 10.8 Å². The van der Waals surface area contributed by atoms with Crippen molar-refractivity contribution < 1.29 is 19.8 Å². The van der Waals surface area contributed by atoms with Crippen molar-refractivity contribution in [3.63, 3.8) is 0 Å². The lowest BCUT2D eigenvalue weighted by Gasteiger charge is -2.20. The molecule has 0 saturated carbocycles. The maximum atomic E-state index is 12.6. The molecule has 0 radical (unpaired) electrons. The molecule has 0 atom stereocenters. The molecule has 0 unspecified atom stereocenters. The number of carboxylic acids is 1. The monoisotopic (exact) mass is 327 g/mol. The topological polar surface area (TPSA) is 90.4 Å². The fraction of sp³-hybridized carbons (Fsp3) is 0.263. The summed E-state index contributed by atoms with van der Waals surface area (Å²) in [7, 11) is 0. The first-order valence-corrected chi connectivity index (χ1v) is 7.67. The van der Waals surface area contributed by atoms with Crippen LogP contribution in [0.15, 0.2) is 24.3 Å². The molecule has 2 rings (SSSR count). The normalized spacial score (nSPS) is 12.4. The summed E-state index contributed by atoms with van der Waals surface area (Å²) in [4.78, 5) is 26.4. The number of carbonyl (C=O) groups is 2. The molecule has 3 N–H and O–H groups in total. The van der Waals surface area contributed by atoms with Crippen LogP contribution in [-0.2, 0) is 0 Å². The smallest absolute Gasteiger partial charge is 0.335 e. The van der Waals surface area contributed by atoms with Gasteiger partial charge in [-0.3, -0.25) is 4.79 Å². The number of aromatic nitrogens is 1. The maximum Gasteiger partial charge on any atom is 0.335 e. The second-order valence-electron chi connectivity index (χ2n) is 6.38. The van der Waals surface area contributed by atoms with Gasteiger partial charge in [-0.2, -0.15) is 0 Å². The van der Waals surface area contributed by atoms with Gasteiger partial charge in [0.25, 0.3) is 0 Å². The summed E-state index contributed by atoms with van der Waals surface area (Å²) in [6.07, 6.45) is 2.29. The van der Waals surface area contributed by atoms with Crippen LogP contribution in [0, 0.1) is 5.41 Å². The van der Waals surface area contributed by atoms with Crippen molar-refractivity contribution in [1.82, 2.24) is 4.98 Å². The van der Waals surface area contributed by atoms with Crippen molar-refractivity contribution in [2.45, 2.75) is 27.2 Å². The summed E-state index contributed by atoms with van der Waals surface area (Å²) < 4.78 is 0. The number of carbonyl (C=O) groups excluding carboxylic acids is 1. The number of benzene rings is 1. The molecule has 2 aromatic rings. The minimum absolute atomic E-state index is 0.131. The number of rotatable bonds is 5. The van der Waals surface area contributed by atoms with E-state index < -0.39 is 11.4 Å². The van der Waals surface area contributed by atoms with E-state index in [0.717, 1.165) is 0 Å². The Bertz CT molecular complexity index is 889. The van der Waals surface area contributed by atoms with Crippen LogP contribution in [0.2, 0.25) is 0 Å². The van der Waals surface area contributed by atoms with Crippen molar-refractivity contribution in [2.75, 3.05) is 0 Å². The molecule has 0 amide bonds. The number of ketones is 1. The molecule has 0 saturated heterocycles. The van der Waals surface area contributed by atoms with Crippen molar-refractivity contribution in [1.29, 1.82) is 0 Å². The number of carboxylic acid groups (broad SMARTS) is 1. The Kier molecular flexibility index (Phi) is 4.64. The van der Waals surface area contributed by atoms with Crippen LogP contribution in [0.25, 0.3) is 12.7 Å². The summed E-state index contributed by atoms with van der Waals surface area (Å²) in [5.74, 6) is -1.29. The number of Topliss-reactive ketones (excluding diaryl/α,β-unsaturated/α-hetero) is 1. The van der Waals surface area contributed by atoms with Gasteiger partial charge < -0.3 is 15.2 Å². The van der Waals surface area contributed by atoms with Crippen LogP contribution in [0.3, 0.4) is 0 Å². The first-order valence-electron chi connectivity index (χ1n) is 7.67. The molecule has 1 heterocycles. The number of hydrogen-bond donors (Lipinski definition) is 3. The van der Waals surface area contributed by atoms with Gasteiger partial charge in [0.1, 0.15) is 0 Å². The van der Waals surface area contributed by atoms with Gasteiger partial charge >= 0.3 is 5.97 Å². The Balaban J connectivity index is 2.50. The number of nitrogens with one attached hydrogen (secondary N) is 1. The van der Waals surface area contributed by atoms with Crippen molar-refractivity contribution >= 4 is 24.4 Å². The zero-order chi connectivity index (χ0) is 18.1. The highest BCUT2D eigenvalue weighted by molar-refractivity contribution is 6.02. The molecule has 0 bridgehead atoms. The molecule has 0 aliphatic heterocycles. The van der Waals surface area contributed by atoms with Crippen LogP contribution in [-0.4, -0.2) is 26.9 Å². The van der Waals surface area contributed by atoms with Crippen LogP contribution >= 0.6 is 0 Å². The Morgan fingerprint density at radius 2 is 1.83 bits per heavy atom. The second-order valence-corrected chi connectivity index (χ2v) is 6.38. The van der Waals surface area contributed by atoms with E-state index in [1.54, 1.807) is 18.2 Å². The second kappa shape index (κ2) is 6.35. The summed E-state index contributed by atoms with van der Waals surface area (Å²) >= 11 is 0. The molecule has 0 aliphatic carbocycles. The first kappa shape index (κ1) is 17.5. The quantitative estimate of drug-likeness (QED) is 0.735. The van der Waals surface area contributed by atoms with E-state index in [2.05, 4.69) is 11.6 Å². The molecule has 1 aromatic carbocycles. The van der Waals surface area contributed by atoms with Gasteiger partial charge in [0.15, 0.2) is 11.5 Å². The number of hydrogen-bond acceptors (Lipinski definition) is 3. The fourth-order valence-corrected chi connectivity index (χ4v) is 2.30. The number of aromatic hydroxyl groups is 1. The summed E-state index contributed by atoms with van der Waals surface area (Å²) in [5.41, 5.74) is 0.494. The number of aromatic amines is 1. The average Bonchev–Trinajstić information content (AvgIpc) is 2.81.